The van der Waals surface area contributed by atoms with Crippen molar-refractivity contribution in [2.24, 2.45) is 0 Å². The fourth-order valence-electron chi connectivity index (χ4n) is 3.45. The maximum Gasteiger partial charge on any atom is 0.274 e. The monoisotopic (exact) mass is 478 g/mol. The lowest BCUT2D eigenvalue weighted by Crippen LogP contribution is -2.15. The van der Waals surface area contributed by atoms with Gasteiger partial charge in [0.15, 0.2) is 0 Å². The fourth-order valence-corrected chi connectivity index (χ4v) is 3.45. The molecule has 0 unspecified atom stereocenters. The molecular weight excluding hydrogens is 448 g/mol. The zero-order valence-corrected chi connectivity index (χ0v) is 20.4. The largest absolute Gasteiger partial charge is 0.388 e. The van der Waals surface area contributed by atoms with Crippen molar-refractivity contribution in [1.29, 1.82) is 0 Å². The number of aryl methyl sites for hydroxylation is 2. The third-order valence-corrected chi connectivity index (χ3v) is 5.21. The molecule has 0 aliphatic carbocycles. The molecule has 3 aromatic heterocycles. The summed E-state index contributed by atoms with van der Waals surface area (Å²) in [6, 6.07) is 11.2. The Balaban J connectivity index is 0.000000288. The van der Waals surface area contributed by atoms with Crippen molar-refractivity contribution >= 4 is 23.7 Å². The first kappa shape index (κ1) is 25.6. The van der Waals surface area contributed by atoms with Crippen LogP contribution in [0, 0.1) is 13.8 Å². The van der Waals surface area contributed by atoms with Gasteiger partial charge in [-0.2, -0.15) is 4.98 Å². The average Bonchev–Trinajstić information content (AvgIpc) is 3.62. The van der Waals surface area contributed by atoms with E-state index in [-0.39, 0.29) is 5.91 Å². The average molecular weight is 479 g/mol. The van der Waals surface area contributed by atoms with Crippen molar-refractivity contribution in [3.8, 4) is 11.4 Å². The van der Waals surface area contributed by atoms with E-state index in [1.165, 1.54) is 12.8 Å². The van der Waals surface area contributed by atoms with Crippen LogP contribution in [0.5, 0.6) is 0 Å². The Hall–Kier alpha value is -4.05. The predicted octanol–water partition coefficient (Wildman–Crippen LogP) is 3.75. The van der Waals surface area contributed by atoms with E-state index in [2.05, 4.69) is 25.2 Å². The number of methoxy groups -OCH3 is 1. The lowest BCUT2D eigenvalue weighted by atomic mass is 10.1. The highest BCUT2D eigenvalue weighted by Gasteiger charge is 2.14. The molecule has 5 rings (SSSR count). The van der Waals surface area contributed by atoms with Crippen LogP contribution >= 0.6 is 0 Å². The van der Waals surface area contributed by atoms with Gasteiger partial charge in [-0.15, -0.1) is 0 Å². The van der Waals surface area contributed by atoms with Crippen LogP contribution < -0.4 is 5.32 Å². The molecule has 4 heterocycles. The maximum absolute atomic E-state index is 12.7. The van der Waals surface area contributed by atoms with E-state index in [9.17, 15) is 9.59 Å². The topological polar surface area (TPSA) is 115 Å². The molecule has 1 aliphatic heterocycles. The second-order valence-corrected chi connectivity index (χ2v) is 7.95. The minimum atomic E-state index is -0.233. The molecule has 1 saturated heterocycles. The molecule has 1 N–H and O–H groups in total. The van der Waals surface area contributed by atoms with Crippen molar-refractivity contribution < 1.29 is 18.8 Å². The van der Waals surface area contributed by atoms with E-state index in [0.29, 0.717) is 23.1 Å². The summed E-state index contributed by atoms with van der Waals surface area (Å²) in [7, 11) is 3.25. The maximum atomic E-state index is 12.7. The number of hydrogen-bond acceptors (Lipinski definition) is 7. The van der Waals surface area contributed by atoms with Crippen LogP contribution in [0.25, 0.3) is 17.0 Å². The van der Waals surface area contributed by atoms with Gasteiger partial charge in [-0.05, 0) is 43.5 Å². The molecule has 1 fully saturated rings. The highest BCUT2D eigenvalue weighted by molar-refractivity contribution is 6.04. The van der Waals surface area contributed by atoms with E-state index >= 15 is 0 Å². The molecule has 184 valence electrons. The number of benzene rings is 1. The summed E-state index contributed by atoms with van der Waals surface area (Å²) in [6.07, 6.45) is 6.68. The number of amides is 2. The Bertz CT molecular complexity index is 1260. The number of anilines is 1. The highest BCUT2D eigenvalue weighted by atomic mass is 16.5. The van der Waals surface area contributed by atoms with Crippen LogP contribution in [-0.4, -0.2) is 64.1 Å². The molecule has 1 aliphatic rings. The summed E-state index contributed by atoms with van der Waals surface area (Å²) in [5, 5.41) is 6.85. The molecule has 4 aromatic rings. The van der Waals surface area contributed by atoms with Gasteiger partial charge in [-0.25, -0.2) is 4.98 Å². The molecule has 0 saturated carbocycles. The normalized spacial score (nSPS) is 12.4. The Morgan fingerprint density at radius 2 is 1.89 bits per heavy atom. The number of nitrogens with one attached hydrogen (secondary N) is 1. The second-order valence-electron chi connectivity index (χ2n) is 7.95. The van der Waals surface area contributed by atoms with Crippen molar-refractivity contribution in [1.82, 2.24) is 24.4 Å². The SMILES string of the molecule is COC.Cc1nc(-c2ccc(C)c(NC(=O)c3cnc4ccccn34)c2)no1.O=CN1CCCC1. The van der Waals surface area contributed by atoms with E-state index in [1.54, 1.807) is 36.6 Å². The molecule has 1 aromatic carbocycles. The van der Waals surface area contributed by atoms with Gasteiger partial charge in [0.05, 0.1) is 6.20 Å². The van der Waals surface area contributed by atoms with Crippen molar-refractivity contribution in [3.05, 3.63) is 65.9 Å². The van der Waals surface area contributed by atoms with Crippen molar-refractivity contribution in [2.75, 3.05) is 32.6 Å². The fraction of sp³-hybridized carbons (Fsp3) is 0.320. The molecule has 0 radical (unpaired) electrons. The van der Waals surface area contributed by atoms with E-state index in [4.69, 9.17) is 4.52 Å². The zero-order valence-electron chi connectivity index (χ0n) is 20.4. The van der Waals surface area contributed by atoms with Gasteiger partial charge in [0, 0.05) is 51.7 Å². The number of imidazole rings is 1. The van der Waals surface area contributed by atoms with Crippen molar-refractivity contribution in [3.63, 3.8) is 0 Å². The summed E-state index contributed by atoms with van der Waals surface area (Å²) >= 11 is 0. The van der Waals surface area contributed by atoms with Crippen LogP contribution in [0.4, 0.5) is 5.69 Å². The Kier molecular flexibility index (Phi) is 9.08. The number of carbonyl (C=O) groups excluding carboxylic acids is 2. The van der Waals surface area contributed by atoms with E-state index < -0.39 is 0 Å². The first-order valence-electron chi connectivity index (χ1n) is 11.2. The van der Waals surface area contributed by atoms with E-state index in [1.807, 2.05) is 49.5 Å². The number of nitrogens with zero attached hydrogens (tertiary/aromatic N) is 5. The quantitative estimate of drug-likeness (QED) is 0.444. The third-order valence-electron chi connectivity index (χ3n) is 5.21. The Labute approximate surface area is 203 Å². The standard InChI is InChI=1S/C18H15N5O2.C5H9NO.C2H6O/c1-11-6-7-13(17-20-12(2)25-22-17)9-14(11)21-18(24)15-10-19-16-5-3-4-8-23(15)16;7-5-6-3-1-2-4-6;1-3-2/h3-10H,1-2H3,(H,21,24);5H,1-4H2;1-2H3. The summed E-state index contributed by atoms with van der Waals surface area (Å²) in [4.78, 5) is 32.9. The minimum absolute atomic E-state index is 0.233. The first-order valence-corrected chi connectivity index (χ1v) is 11.2. The summed E-state index contributed by atoms with van der Waals surface area (Å²) in [5.41, 5.74) is 3.59. The highest BCUT2D eigenvalue weighted by Crippen LogP contribution is 2.24. The smallest absolute Gasteiger partial charge is 0.274 e. The molecule has 0 bridgehead atoms. The van der Waals surface area contributed by atoms with Gasteiger partial charge in [0.1, 0.15) is 11.3 Å². The van der Waals surface area contributed by atoms with Crippen LogP contribution in [0.2, 0.25) is 0 Å². The van der Waals surface area contributed by atoms with Crippen LogP contribution in [-0.2, 0) is 9.53 Å². The van der Waals surface area contributed by atoms with Gasteiger partial charge < -0.3 is 19.5 Å². The second kappa shape index (κ2) is 12.4. The molecule has 0 spiro atoms. The number of carbonyl (C=O) groups is 2. The number of likely N-dealkylation sites (tertiary alicyclic amines) is 1. The lowest BCUT2D eigenvalue weighted by Gasteiger charge is -2.09. The molecule has 10 heteroatoms. The molecule has 2 amide bonds. The van der Waals surface area contributed by atoms with Gasteiger partial charge in [-0.3, -0.25) is 14.0 Å². The van der Waals surface area contributed by atoms with E-state index in [0.717, 1.165) is 36.3 Å². The number of rotatable bonds is 4. The van der Waals surface area contributed by atoms with Crippen molar-refractivity contribution in [2.45, 2.75) is 26.7 Å². The van der Waals surface area contributed by atoms with Gasteiger partial charge in [0.2, 0.25) is 18.1 Å². The third kappa shape index (κ3) is 6.73. The summed E-state index contributed by atoms with van der Waals surface area (Å²) in [5.74, 6) is 0.748. The number of hydrogen-bond donors (Lipinski definition) is 1. The predicted molar refractivity (Wildman–Crippen MR) is 132 cm³/mol. The number of ether oxygens (including phenoxy) is 1. The van der Waals surface area contributed by atoms with Crippen LogP contribution in [0.3, 0.4) is 0 Å². The Morgan fingerprint density at radius 3 is 2.51 bits per heavy atom. The van der Waals surface area contributed by atoms with Gasteiger partial charge in [-0.1, -0.05) is 23.4 Å². The van der Waals surface area contributed by atoms with Gasteiger partial charge >= 0.3 is 0 Å². The van der Waals surface area contributed by atoms with Crippen LogP contribution in [0.1, 0.15) is 34.8 Å². The molecule has 35 heavy (non-hydrogen) atoms. The molecule has 10 nitrogen and oxygen atoms in total. The number of aromatic nitrogens is 4. The summed E-state index contributed by atoms with van der Waals surface area (Å²) < 4.78 is 11.0. The first-order chi connectivity index (χ1) is 17.0. The molecule has 0 atom stereocenters. The Morgan fingerprint density at radius 1 is 1.14 bits per heavy atom. The van der Waals surface area contributed by atoms with Crippen LogP contribution in [0.15, 0.2) is 53.3 Å². The lowest BCUT2D eigenvalue weighted by molar-refractivity contribution is -0.117. The van der Waals surface area contributed by atoms with Gasteiger partial charge in [0.25, 0.3) is 5.91 Å². The zero-order chi connectivity index (χ0) is 25.2. The number of pyridine rings is 1. The molecular formula is C25H30N6O4. The number of fused-ring (bicyclic) bond motifs is 1. The summed E-state index contributed by atoms with van der Waals surface area (Å²) in [6.45, 7) is 5.61. The minimum Gasteiger partial charge on any atom is -0.388 e.